The Morgan fingerprint density at radius 1 is 1.34 bits per heavy atom. The third kappa shape index (κ3) is 3.88. The number of nitriles is 1. The van der Waals surface area contributed by atoms with Gasteiger partial charge < -0.3 is 14.4 Å². The standard InChI is InChI=1S/C22H22FN3O3/c1-28-21(27)17-12-22(17)7-9-26(10-8-22)19-3-2-4-20(25-19)29-14-16-6-5-15(13-24)11-18(16)23/h2-6,11,17H,7-10,12,14H2,1H3. The lowest BCUT2D eigenvalue weighted by molar-refractivity contribution is -0.143. The molecular formula is C22H22FN3O3. The molecule has 1 aliphatic heterocycles. The molecule has 4 rings (SSSR count). The Morgan fingerprint density at radius 3 is 2.83 bits per heavy atom. The maximum absolute atomic E-state index is 14.0. The van der Waals surface area contributed by atoms with Gasteiger partial charge in [0.15, 0.2) is 0 Å². The Bertz CT molecular complexity index is 964. The van der Waals surface area contributed by atoms with Gasteiger partial charge in [-0.15, -0.1) is 0 Å². The summed E-state index contributed by atoms with van der Waals surface area (Å²) in [6.07, 6.45) is 2.80. The molecule has 2 aliphatic rings. The lowest BCUT2D eigenvalue weighted by Crippen LogP contribution is -2.36. The van der Waals surface area contributed by atoms with Crippen molar-refractivity contribution in [2.24, 2.45) is 11.3 Å². The van der Waals surface area contributed by atoms with Gasteiger partial charge in [-0.25, -0.2) is 4.39 Å². The van der Waals surface area contributed by atoms with Gasteiger partial charge in [0, 0.05) is 24.7 Å². The number of rotatable bonds is 5. The van der Waals surface area contributed by atoms with Crippen molar-refractivity contribution in [1.29, 1.82) is 5.26 Å². The van der Waals surface area contributed by atoms with Gasteiger partial charge in [0.1, 0.15) is 18.2 Å². The van der Waals surface area contributed by atoms with Crippen LogP contribution < -0.4 is 9.64 Å². The summed E-state index contributed by atoms with van der Waals surface area (Å²) in [6.45, 7) is 1.69. The number of carbonyl (C=O) groups excluding carboxylic acids is 1. The summed E-state index contributed by atoms with van der Waals surface area (Å²) in [5, 5.41) is 8.82. The predicted molar refractivity (Wildman–Crippen MR) is 104 cm³/mol. The van der Waals surface area contributed by atoms with Gasteiger partial charge in [-0.1, -0.05) is 12.1 Å². The van der Waals surface area contributed by atoms with Crippen LogP contribution in [0, 0.1) is 28.5 Å². The van der Waals surface area contributed by atoms with Crippen molar-refractivity contribution in [2.75, 3.05) is 25.1 Å². The van der Waals surface area contributed by atoms with Crippen LogP contribution in [0.15, 0.2) is 36.4 Å². The maximum atomic E-state index is 14.0. The second kappa shape index (κ2) is 7.70. The summed E-state index contributed by atoms with van der Waals surface area (Å²) >= 11 is 0. The summed E-state index contributed by atoms with van der Waals surface area (Å²) in [6, 6.07) is 11.8. The van der Waals surface area contributed by atoms with E-state index in [2.05, 4.69) is 9.88 Å². The largest absolute Gasteiger partial charge is 0.473 e. The van der Waals surface area contributed by atoms with Crippen LogP contribution in [0.3, 0.4) is 0 Å². The van der Waals surface area contributed by atoms with Crippen LogP contribution >= 0.6 is 0 Å². The van der Waals surface area contributed by atoms with Gasteiger partial charge in [-0.3, -0.25) is 4.79 Å². The van der Waals surface area contributed by atoms with E-state index in [1.807, 2.05) is 18.2 Å². The average molecular weight is 395 g/mol. The van der Waals surface area contributed by atoms with E-state index >= 15 is 0 Å². The quantitative estimate of drug-likeness (QED) is 0.722. The zero-order valence-electron chi connectivity index (χ0n) is 16.2. The first-order valence-corrected chi connectivity index (χ1v) is 9.66. The number of pyridine rings is 1. The van der Waals surface area contributed by atoms with E-state index in [1.165, 1.54) is 13.2 Å². The molecule has 1 saturated heterocycles. The minimum atomic E-state index is -0.467. The third-order valence-electron chi connectivity index (χ3n) is 6.03. The summed E-state index contributed by atoms with van der Waals surface area (Å²) in [5.74, 6) is 0.714. The molecular weight excluding hydrogens is 373 g/mol. The van der Waals surface area contributed by atoms with Gasteiger partial charge in [0.25, 0.3) is 0 Å². The Kier molecular flexibility index (Phi) is 5.10. The summed E-state index contributed by atoms with van der Waals surface area (Å²) in [7, 11) is 1.45. The number of benzene rings is 1. The maximum Gasteiger partial charge on any atom is 0.309 e. The van der Waals surface area contributed by atoms with E-state index in [0.29, 0.717) is 11.4 Å². The van der Waals surface area contributed by atoms with Gasteiger partial charge in [0.05, 0.1) is 24.7 Å². The summed E-state index contributed by atoms with van der Waals surface area (Å²) < 4.78 is 24.6. The highest BCUT2D eigenvalue weighted by atomic mass is 19.1. The molecule has 1 aromatic heterocycles. The fourth-order valence-electron chi connectivity index (χ4n) is 4.10. The molecule has 1 atom stereocenters. The van der Waals surface area contributed by atoms with Crippen LogP contribution in [0.25, 0.3) is 0 Å². The molecule has 2 heterocycles. The zero-order valence-corrected chi connectivity index (χ0v) is 16.2. The number of hydrogen-bond acceptors (Lipinski definition) is 6. The van der Waals surface area contributed by atoms with E-state index in [9.17, 15) is 9.18 Å². The number of esters is 1. The Balaban J connectivity index is 1.36. The first-order valence-electron chi connectivity index (χ1n) is 9.66. The molecule has 29 heavy (non-hydrogen) atoms. The molecule has 1 saturated carbocycles. The number of ether oxygens (including phenoxy) is 2. The number of aromatic nitrogens is 1. The second-order valence-corrected chi connectivity index (χ2v) is 7.67. The van der Waals surface area contributed by atoms with Gasteiger partial charge in [-0.05, 0) is 42.9 Å². The molecule has 1 aromatic carbocycles. The summed E-state index contributed by atoms with van der Waals surface area (Å²) in [5.41, 5.74) is 0.753. The number of halogens is 1. The molecule has 1 spiro atoms. The van der Waals surface area contributed by atoms with Crippen molar-refractivity contribution in [1.82, 2.24) is 4.98 Å². The van der Waals surface area contributed by atoms with Crippen LogP contribution in [-0.2, 0) is 16.1 Å². The molecule has 7 heteroatoms. The van der Waals surface area contributed by atoms with Crippen LogP contribution in [0.2, 0.25) is 0 Å². The van der Waals surface area contributed by atoms with Crippen molar-refractivity contribution in [3.8, 4) is 11.9 Å². The fraction of sp³-hybridized carbons (Fsp3) is 0.409. The van der Waals surface area contributed by atoms with Gasteiger partial charge in [0.2, 0.25) is 5.88 Å². The number of hydrogen-bond donors (Lipinski definition) is 0. The Morgan fingerprint density at radius 2 is 2.14 bits per heavy atom. The van der Waals surface area contributed by atoms with E-state index in [1.54, 1.807) is 18.2 Å². The first kappa shape index (κ1) is 19.2. The predicted octanol–water partition coefficient (Wildman–Crippen LogP) is 3.45. The van der Waals surface area contributed by atoms with E-state index in [4.69, 9.17) is 14.7 Å². The highest BCUT2D eigenvalue weighted by Gasteiger charge is 2.59. The van der Waals surface area contributed by atoms with Gasteiger partial charge in [-0.2, -0.15) is 10.2 Å². The minimum Gasteiger partial charge on any atom is -0.473 e. The van der Waals surface area contributed by atoms with Crippen LogP contribution in [0.1, 0.15) is 30.4 Å². The molecule has 2 fully saturated rings. The first-order chi connectivity index (χ1) is 14.0. The van der Waals surface area contributed by atoms with Crippen molar-refractivity contribution in [3.05, 3.63) is 53.3 Å². The molecule has 150 valence electrons. The number of anilines is 1. The van der Waals surface area contributed by atoms with Crippen molar-refractivity contribution in [2.45, 2.75) is 25.9 Å². The Labute approximate surface area is 168 Å². The number of carbonyl (C=O) groups is 1. The van der Waals surface area contributed by atoms with E-state index in [-0.39, 0.29) is 29.5 Å². The highest BCUT2D eigenvalue weighted by Crippen LogP contribution is 2.59. The van der Waals surface area contributed by atoms with Crippen molar-refractivity contribution < 1.29 is 18.7 Å². The SMILES string of the molecule is COC(=O)C1CC12CCN(c1cccc(OCc3ccc(C#N)cc3F)n1)CC2. The normalized spacial score (nSPS) is 19.5. The molecule has 1 unspecified atom stereocenters. The molecule has 0 N–H and O–H groups in total. The van der Waals surface area contributed by atoms with Crippen LogP contribution in [-0.4, -0.2) is 31.2 Å². The van der Waals surface area contributed by atoms with E-state index < -0.39 is 5.82 Å². The molecule has 2 aromatic rings. The Hall–Kier alpha value is -3.14. The second-order valence-electron chi connectivity index (χ2n) is 7.67. The topological polar surface area (TPSA) is 75.4 Å². The number of methoxy groups -OCH3 is 1. The zero-order chi connectivity index (χ0) is 20.4. The van der Waals surface area contributed by atoms with Crippen LogP contribution in [0.5, 0.6) is 5.88 Å². The summed E-state index contributed by atoms with van der Waals surface area (Å²) in [4.78, 5) is 18.5. The fourth-order valence-corrected chi connectivity index (χ4v) is 4.10. The highest BCUT2D eigenvalue weighted by molar-refractivity contribution is 5.77. The molecule has 0 amide bonds. The van der Waals surface area contributed by atoms with Crippen LogP contribution in [0.4, 0.5) is 10.2 Å². The third-order valence-corrected chi connectivity index (χ3v) is 6.03. The van der Waals surface area contributed by atoms with Gasteiger partial charge >= 0.3 is 5.97 Å². The molecule has 0 radical (unpaired) electrons. The monoisotopic (exact) mass is 395 g/mol. The van der Waals surface area contributed by atoms with Crippen molar-refractivity contribution >= 4 is 11.8 Å². The van der Waals surface area contributed by atoms with E-state index in [0.717, 1.165) is 38.2 Å². The smallest absolute Gasteiger partial charge is 0.309 e. The molecule has 0 bridgehead atoms. The molecule has 6 nitrogen and oxygen atoms in total. The lowest BCUT2D eigenvalue weighted by atomic mass is 9.91. The minimum absolute atomic E-state index is 0.0396. The number of piperidine rings is 1. The number of nitrogens with zero attached hydrogens (tertiary/aromatic N) is 3. The van der Waals surface area contributed by atoms with Crippen molar-refractivity contribution in [3.63, 3.8) is 0 Å². The molecule has 1 aliphatic carbocycles. The average Bonchev–Trinajstić information content (AvgIpc) is 3.46. The lowest BCUT2D eigenvalue weighted by Gasteiger charge is -2.33.